The molecule has 0 aliphatic carbocycles. The van der Waals surface area contributed by atoms with Crippen LogP contribution in [0.2, 0.25) is 0 Å². The van der Waals surface area contributed by atoms with Crippen molar-refractivity contribution in [1.82, 2.24) is 5.32 Å². The molecule has 20 heavy (non-hydrogen) atoms. The van der Waals surface area contributed by atoms with E-state index >= 15 is 0 Å². The third kappa shape index (κ3) is 3.31. The Morgan fingerprint density at radius 1 is 1.20 bits per heavy atom. The Bertz CT molecular complexity index is 598. The molecule has 1 aliphatic heterocycles. The number of thiophene rings is 2. The molecular weight excluding hydrogens is 310 g/mol. The Labute approximate surface area is 127 Å². The lowest BCUT2D eigenvalue weighted by Gasteiger charge is -2.18. The van der Waals surface area contributed by atoms with E-state index in [1.807, 2.05) is 0 Å². The first kappa shape index (κ1) is 14.3. The summed E-state index contributed by atoms with van der Waals surface area (Å²) in [5.74, 6) is 0.936. The van der Waals surface area contributed by atoms with Crippen LogP contribution >= 0.6 is 22.7 Å². The highest BCUT2D eigenvalue weighted by molar-refractivity contribution is 7.91. The third-order valence-electron chi connectivity index (χ3n) is 3.59. The average Bonchev–Trinajstić information content (AvgIpc) is 3.12. The van der Waals surface area contributed by atoms with Gasteiger partial charge >= 0.3 is 0 Å². The average molecular weight is 327 g/mol. The van der Waals surface area contributed by atoms with Crippen LogP contribution in [-0.4, -0.2) is 26.5 Å². The van der Waals surface area contributed by atoms with Crippen molar-refractivity contribution in [3.63, 3.8) is 0 Å². The standard InChI is InChI=1S/C14H17NO2S3/c16-20(17)8-5-11(10-20)9-15-14(12-3-1-6-18-12)13-4-2-7-19-13/h1-4,6-7,11,14-15H,5,8-10H2. The smallest absolute Gasteiger partial charge is 0.150 e. The highest BCUT2D eigenvalue weighted by Gasteiger charge is 2.28. The van der Waals surface area contributed by atoms with Crippen molar-refractivity contribution in [3.8, 4) is 0 Å². The Morgan fingerprint density at radius 2 is 1.85 bits per heavy atom. The van der Waals surface area contributed by atoms with Crippen molar-refractivity contribution in [1.29, 1.82) is 0 Å². The van der Waals surface area contributed by atoms with Crippen molar-refractivity contribution in [2.45, 2.75) is 12.5 Å². The van der Waals surface area contributed by atoms with Crippen LogP contribution in [-0.2, 0) is 9.84 Å². The van der Waals surface area contributed by atoms with Crippen molar-refractivity contribution in [2.75, 3.05) is 18.1 Å². The van der Waals surface area contributed by atoms with Crippen LogP contribution in [0, 0.1) is 5.92 Å². The van der Waals surface area contributed by atoms with Crippen molar-refractivity contribution in [2.24, 2.45) is 5.92 Å². The van der Waals surface area contributed by atoms with Gasteiger partial charge in [-0.2, -0.15) is 0 Å². The van der Waals surface area contributed by atoms with Crippen LogP contribution in [0.5, 0.6) is 0 Å². The van der Waals surface area contributed by atoms with E-state index in [0.717, 1.165) is 13.0 Å². The predicted molar refractivity (Wildman–Crippen MR) is 85.2 cm³/mol. The monoisotopic (exact) mass is 327 g/mol. The van der Waals surface area contributed by atoms with Crippen LogP contribution < -0.4 is 5.32 Å². The summed E-state index contributed by atoms with van der Waals surface area (Å²) in [5.41, 5.74) is 0. The van der Waals surface area contributed by atoms with Gasteiger partial charge in [-0.15, -0.1) is 22.7 Å². The number of rotatable bonds is 5. The maximum absolute atomic E-state index is 11.5. The number of nitrogens with one attached hydrogen (secondary N) is 1. The molecule has 0 bridgehead atoms. The first-order valence-electron chi connectivity index (χ1n) is 6.65. The Balaban J connectivity index is 1.69. The maximum atomic E-state index is 11.5. The molecule has 1 unspecified atom stereocenters. The van der Waals surface area contributed by atoms with Gasteiger partial charge in [0.1, 0.15) is 0 Å². The highest BCUT2D eigenvalue weighted by atomic mass is 32.2. The fraction of sp³-hybridized carbons (Fsp3) is 0.429. The molecule has 1 N–H and O–H groups in total. The molecule has 0 spiro atoms. The molecule has 0 saturated carbocycles. The fourth-order valence-corrected chi connectivity index (χ4v) is 6.14. The van der Waals surface area contributed by atoms with E-state index in [9.17, 15) is 8.42 Å². The van der Waals surface area contributed by atoms with E-state index < -0.39 is 9.84 Å². The SMILES string of the molecule is O=S1(=O)CCC(CNC(c2cccs2)c2cccs2)C1. The fourth-order valence-electron chi connectivity index (χ4n) is 2.57. The zero-order valence-corrected chi connectivity index (χ0v) is 13.4. The van der Waals surface area contributed by atoms with Gasteiger partial charge in [0.2, 0.25) is 0 Å². The van der Waals surface area contributed by atoms with Crippen molar-refractivity contribution < 1.29 is 8.42 Å². The molecule has 3 heterocycles. The van der Waals surface area contributed by atoms with Crippen LogP contribution in [0.4, 0.5) is 0 Å². The minimum absolute atomic E-state index is 0.193. The summed E-state index contributed by atoms with van der Waals surface area (Å²) in [7, 11) is -2.79. The van der Waals surface area contributed by atoms with E-state index in [-0.39, 0.29) is 12.0 Å². The lowest BCUT2D eigenvalue weighted by molar-refractivity contribution is 0.495. The molecule has 2 aromatic rings. The second-order valence-electron chi connectivity index (χ2n) is 5.14. The summed E-state index contributed by atoms with van der Waals surface area (Å²) < 4.78 is 23.0. The second-order valence-corrected chi connectivity index (χ2v) is 9.33. The molecule has 3 nitrogen and oxygen atoms in total. The van der Waals surface area contributed by atoms with Gasteiger partial charge in [0.15, 0.2) is 9.84 Å². The Kier molecular flexibility index (Phi) is 4.26. The van der Waals surface area contributed by atoms with Gasteiger partial charge in [0.05, 0.1) is 17.5 Å². The summed E-state index contributed by atoms with van der Waals surface area (Å²) in [6, 6.07) is 8.57. The second kappa shape index (κ2) is 5.97. The van der Waals surface area contributed by atoms with Crippen LogP contribution in [0.15, 0.2) is 35.0 Å². The minimum Gasteiger partial charge on any atom is -0.305 e. The molecule has 1 fully saturated rings. The minimum atomic E-state index is -2.79. The lowest BCUT2D eigenvalue weighted by Crippen LogP contribution is -2.27. The van der Waals surface area contributed by atoms with Crippen molar-refractivity contribution >= 4 is 32.5 Å². The predicted octanol–water partition coefficient (Wildman–Crippen LogP) is 2.92. The van der Waals surface area contributed by atoms with Crippen LogP contribution in [0.1, 0.15) is 22.2 Å². The maximum Gasteiger partial charge on any atom is 0.150 e. The zero-order chi connectivity index (χ0) is 14.0. The molecule has 0 amide bonds. The molecule has 0 aromatic carbocycles. The van der Waals surface area contributed by atoms with Gasteiger partial charge in [-0.05, 0) is 41.8 Å². The quantitative estimate of drug-likeness (QED) is 0.918. The van der Waals surface area contributed by atoms with Gasteiger partial charge in [-0.3, -0.25) is 0 Å². The highest BCUT2D eigenvalue weighted by Crippen LogP contribution is 2.29. The Hall–Kier alpha value is -0.690. The van der Waals surface area contributed by atoms with Crippen LogP contribution in [0.3, 0.4) is 0 Å². The molecule has 3 rings (SSSR count). The summed E-state index contributed by atoms with van der Waals surface area (Å²) in [6.45, 7) is 0.764. The first-order valence-corrected chi connectivity index (χ1v) is 10.2. The van der Waals surface area contributed by atoms with E-state index in [1.165, 1.54) is 9.75 Å². The van der Waals surface area contributed by atoms with E-state index in [4.69, 9.17) is 0 Å². The molecule has 1 aliphatic rings. The largest absolute Gasteiger partial charge is 0.305 e. The lowest BCUT2D eigenvalue weighted by atomic mass is 10.1. The molecule has 6 heteroatoms. The van der Waals surface area contributed by atoms with Gasteiger partial charge in [-0.25, -0.2) is 8.42 Å². The van der Waals surface area contributed by atoms with Crippen LogP contribution in [0.25, 0.3) is 0 Å². The van der Waals surface area contributed by atoms with Gasteiger partial charge in [-0.1, -0.05) is 12.1 Å². The Morgan fingerprint density at radius 3 is 2.30 bits per heavy atom. The van der Waals surface area contributed by atoms with Gasteiger partial charge in [0, 0.05) is 9.75 Å². The molecule has 1 saturated heterocycles. The number of hydrogen-bond donors (Lipinski definition) is 1. The number of sulfone groups is 1. The van der Waals surface area contributed by atoms with E-state index in [0.29, 0.717) is 11.5 Å². The molecular formula is C14H17NO2S3. The normalized spacial score (nSPS) is 21.6. The molecule has 2 aromatic heterocycles. The topological polar surface area (TPSA) is 46.2 Å². The molecule has 1 atom stereocenters. The first-order chi connectivity index (χ1) is 9.64. The van der Waals surface area contributed by atoms with Gasteiger partial charge in [0.25, 0.3) is 0 Å². The zero-order valence-electron chi connectivity index (χ0n) is 11.0. The molecule has 108 valence electrons. The summed E-state index contributed by atoms with van der Waals surface area (Å²) in [4.78, 5) is 2.57. The number of hydrogen-bond acceptors (Lipinski definition) is 5. The van der Waals surface area contributed by atoms with E-state index in [1.54, 1.807) is 22.7 Å². The van der Waals surface area contributed by atoms with Gasteiger partial charge < -0.3 is 5.32 Å². The summed E-state index contributed by atoms with van der Waals surface area (Å²) in [6.07, 6.45) is 0.789. The summed E-state index contributed by atoms with van der Waals surface area (Å²) >= 11 is 3.47. The molecule has 0 radical (unpaired) electrons. The third-order valence-corrected chi connectivity index (χ3v) is 7.30. The van der Waals surface area contributed by atoms with E-state index in [2.05, 4.69) is 40.3 Å². The summed E-state index contributed by atoms with van der Waals surface area (Å²) in [5, 5.41) is 7.72. The van der Waals surface area contributed by atoms with Crippen molar-refractivity contribution in [3.05, 3.63) is 44.8 Å².